The molecule has 0 bridgehead atoms. The summed E-state index contributed by atoms with van der Waals surface area (Å²) in [6, 6.07) is 5.19. The van der Waals surface area contributed by atoms with Gasteiger partial charge in [-0.1, -0.05) is 60.6 Å². The second-order valence-electron chi connectivity index (χ2n) is 10.9. The maximum absolute atomic E-state index is 12.9. The van der Waals surface area contributed by atoms with Gasteiger partial charge in [0.15, 0.2) is 5.78 Å². The van der Waals surface area contributed by atoms with E-state index in [1.807, 2.05) is 41.5 Å². The summed E-state index contributed by atoms with van der Waals surface area (Å²) >= 11 is 0. The molecular formula is C28H45N3O5. The lowest BCUT2D eigenvalue weighted by molar-refractivity contribution is -0.132. The van der Waals surface area contributed by atoms with Crippen molar-refractivity contribution in [2.24, 2.45) is 23.7 Å². The molecule has 8 heteroatoms. The number of aliphatic hydroxyl groups excluding tert-OH is 1. The highest BCUT2D eigenvalue weighted by Crippen LogP contribution is 2.17. The Kier molecular flexibility index (Phi) is 12.8. The van der Waals surface area contributed by atoms with Crippen LogP contribution in [-0.4, -0.2) is 53.3 Å². The van der Waals surface area contributed by atoms with Crippen molar-refractivity contribution >= 4 is 23.5 Å². The zero-order valence-corrected chi connectivity index (χ0v) is 23.1. The van der Waals surface area contributed by atoms with Gasteiger partial charge in [-0.3, -0.25) is 19.2 Å². The third kappa shape index (κ3) is 10.5. The van der Waals surface area contributed by atoms with Crippen LogP contribution in [0.15, 0.2) is 24.3 Å². The second kappa shape index (κ2) is 14.7. The van der Waals surface area contributed by atoms with E-state index in [0.29, 0.717) is 30.0 Å². The first-order valence-electron chi connectivity index (χ1n) is 12.9. The fourth-order valence-electron chi connectivity index (χ4n) is 3.83. The molecule has 4 N–H and O–H groups in total. The van der Waals surface area contributed by atoms with E-state index in [0.717, 1.165) is 0 Å². The van der Waals surface area contributed by atoms with E-state index in [1.165, 1.54) is 13.0 Å². The first-order valence-corrected chi connectivity index (χ1v) is 12.9. The maximum Gasteiger partial charge on any atom is 0.251 e. The molecule has 0 radical (unpaired) electrons. The highest BCUT2D eigenvalue weighted by atomic mass is 16.3. The number of amides is 3. The molecule has 0 saturated heterocycles. The van der Waals surface area contributed by atoms with Crippen molar-refractivity contribution in [2.75, 3.05) is 6.54 Å². The molecule has 0 aliphatic rings. The molecule has 4 atom stereocenters. The van der Waals surface area contributed by atoms with Gasteiger partial charge < -0.3 is 21.1 Å². The number of aliphatic hydroxyl groups is 1. The van der Waals surface area contributed by atoms with Gasteiger partial charge in [0, 0.05) is 23.6 Å². The summed E-state index contributed by atoms with van der Waals surface area (Å²) in [6.45, 7) is 15.4. The van der Waals surface area contributed by atoms with Crippen LogP contribution in [0.5, 0.6) is 0 Å². The van der Waals surface area contributed by atoms with E-state index in [-0.39, 0.29) is 41.8 Å². The topological polar surface area (TPSA) is 125 Å². The van der Waals surface area contributed by atoms with Gasteiger partial charge in [0.05, 0.1) is 12.1 Å². The molecule has 1 aromatic carbocycles. The van der Waals surface area contributed by atoms with Crippen LogP contribution in [-0.2, 0) is 9.59 Å². The predicted molar refractivity (Wildman–Crippen MR) is 142 cm³/mol. The smallest absolute Gasteiger partial charge is 0.251 e. The number of rotatable bonds is 14. The zero-order chi connectivity index (χ0) is 27.6. The lowest BCUT2D eigenvalue weighted by Crippen LogP contribution is -2.52. The van der Waals surface area contributed by atoms with Crippen LogP contribution < -0.4 is 16.0 Å². The number of hydrogen-bond donors (Lipinski definition) is 4. The molecule has 36 heavy (non-hydrogen) atoms. The van der Waals surface area contributed by atoms with Crippen LogP contribution in [0.3, 0.4) is 0 Å². The quantitative estimate of drug-likeness (QED) is 0.290. The minimum atomic E-state index is -0.972. The normalized spacial score (nSPS) is 14.8. The van der Waals surface area contributed by atoms with Crippen molar-refractivity contribution in [1.29, 1.82) is 0 Å². The molecule has 202 valence electrons. The fourth-order valence-corrected chi connectivity index (χ4v) is 3.83. The van der Waals surface area contributed by atoms with Crippen molar-refractivity contribution in [2.45, 2.75) is 86.4 Å². The van der Waals surface area contributed by atoms with Gasteiger partial charge >= 0.3 is 0 Å². The Balaban J connectivity index is 2.88. The highest BCUT2D eigenvalue weighted by Gasteiger charge is 2.30. The van der Waals surface area contributed by atoms with Crippen molar-refractivity contribution in [3.8, 4) is 0 Å². The average molecular weight is 504 g/mol. The van der Waals surface area contributed by atoms with E-state index in [1.54, 1.807) is 25.1 Å². The lowest BCUT2D eigenvalue weighted by atomic mass is 9.91. The van der Waals surface area contributed by atoms with Gasteiger partial charge in [0.25, 0.3) is 5.91 Å². The van der Waals surface area contributed by atoms with Gasteiger partial charge in [-0.25, -0.2) is 0 Å². The van der Waals surface area contributed by atoms with E-state index < -0.39 is 24.1 Å². The van der Waals surface area contributed by atoms with E-state index in [9.17, 15) is 24.3 Å². The number of benzene rings is 1. The van der Waals surface area contributed by atoms with E-state index in [4.69, 9.17) is 0 Å². The monoisotopic (exact) mass is 503 g/mol. The largest absolute Gasteiger partial charge is 0.391 e. The summed E-state index contributed by atoms with van der Waals surface area (Å²) in [4.78, 5) is 50.0. The van der Waals surface area contributed by atoms with E-state index >= 15 is 0 Å². The van der Waals surface area contributed by atoms with Crippen molar-refractivity contribution in [1.82, 2.24) is 16.0 Å². The summed E-state index contributed by atoms with van der Waals surface area (Å²) in [5.74, 6) is -1.27. The second-order valence-corrected chi connectivity index (χ2v) is 10.9. The molecule has 0 aromatic heterocycles. The Hall–Kier alpha value is -2.74. The maximum atomic E-state index is 12.9. The minimum Gasteiger partial charge on any atom is -0.391 e. The molecule has 0 spiro atoms. The molecule has 0 saturated carbocycles. The van der Waals surface area contributed by atoms with Gasteiger partial charge in [0.2, 0.25) is 11.8 Å². The summed E-state index contributed by atoms with van der Waals surface area (Å²) in [5.41, 5.74) is 0.771. The molecular weight excluding hydrogens is 458 g/mol. The standard InChI is InChI=1S/C28H45N3O5/c1-16(2)12-23(30-27(35)22-11-9-10-21(14-22)20(8)32)24(33)13-19(7)26(34)31-25(18(5)6)28(36)29-15-17(3)4/h9-11,14,16-19,23-25,33H,12-13,15H2,1-8H3,(H,29,36)(H,30,35)(H,31,34)/t19-,23+,24+,25?/m1/s1. The Labute approximate surface area is 216 Å². The van der Waals surface area contributed by atoms with Crippen molar-refractivity contribution in [3.63, 3.8) is 0 Å². The molecule has 1 unspecified atom stereocenters. The Morgan fingerprint density at radius 1 is 0.833 bits per heavy atom. The fraction of sp³-hybridized carbons (Fsp3) is 0.643. The average Bonchev–Trinajstić information content (AvgIpc) is 2.79. The van der Waals surface area contributed by atoms with Crippen LogP contribution in [0, 0.1) is 23.7 Å². The van der Waals surface area contributed by atoms with Crippen molar-refractivity contribution in [3.05, 3.63) is 35.4 Å². The molecule has 0 heterocycles. The number of hydrogen-bond acceptors (Lipinski definition) is 5. The summed E-state index contributed by atoms with van der Waals surface area (Å²) in [7, 11) is 0. The van der Waals surface area contributed by atoms with Crippen LogP contribution in [0.2, 0.25) is 0 Å². The zero-order valence-electron chi connectivity index (χ0n) is 23.1. The van der Waals surface area contributed by atoms with E-state index in [2.05, 4.69) is 16.0 Å². The molecule has 0 fully saturated rings. The summed E-state index contributed by atoms with van der Waals surface area (Å²) in [6.07, 6.45) is -0.338. The number of carbonyl (C=O) groups excluding carboxylic acids is 4. The summed E-state index contributed by atoms with van der Waals surface area (Å²) < 4.78 is 0. The molecule has 3 amide bonds. The van der Waals surface area contributed by atoms with Crippen LogP contribution in [0.4, 0.5) is 0 Å². The SMILES string of the molecule is CC(=O)c1cccc(C(=O)N[C@@H](CC(C)C)[C@@H](O)C[C@@H](C)C(=O)NC(C(=O)NCC(C)C)C(C)C)c1. The Morgan fingerprint density at radius 2 is 1.44 bits per heavy atom. The molecule has 1 rings (SSSR count). The van der Waals surface area contributed by atoms with Gasteiger partial charge in [0.1, 0.15) is 6.04 Å². The molecule has 1 aromatic rings. The Bertz CT molecular complexity index is 897. The number of ketones is 1. The van der Waals surface area contributed by atoms with Gasteiger partial charge in [-0.2, -0.15) is 0 Å². The number of carbonyl (C=O) groups is 4. The molecule has 8 nitrogen and oxygen atoms in total. The van der Waals surface area contributed by atoms with Gasteiger partial charge in [-0.15, -0.1) is 0 Å². The third-order valence-electron chi connectivity index (χ3n) is 6.01. The summed E-state index contributed by atoms with van der Waals surface area (Å²) in [5, 5.41) is 19.6. The first-order chi connectivity index (χ1) is 16.7. The van der Waals surface area contributed by atoms with Gasteiger partial charge in [-0.05, 0) is 49.7 Å². The van der Waals surface area contributed by atoms with Crippen molar-refractivity contribution < 1.29 is 24.3 Å². The van der Waals surface area contributed by atoms with Crippen LogP contribution in [0.25, 0.3) is 0 Å². The first kappa shape index (κ1) is 31.3. The number of nitrogens with one attached hydrogen (secondary N) is 3. The minimum absolute atomic E-state index is 0.100. The van der Waals surface area contributed by atoms with Crippen LogP contribution >= 0.6 is 0 Å². The number of Topliss-reactive ketones (excluding diaryl/α,β-unsaturated/α-hetero) is 1. The molecule has 0 aliphatic heterocycles. The highest BCUT2D eigenvalue weighted by molar-refractivity contribution is 5.99. The predicted octanol–water partition coefficient (Wildman–Crippen LogP) is 3.33. The molecule has 0 aliphatic carbocycles. The Morgan fingerprint density at radius 3 is 1.97 bits per heavy atom. The van der Waals surface area contributed by atoms with Crippen LogP contribution in [0.1, 0.15) is 88.9 Å². The third-order valence-corrected chi connectivity index (χ3v) is 6.01. The lowest BCUT2D eigenvalue weighted by Gasteiger charge is -2.29.